The molecule has 1 aromatic rings. The van der Waals surface area contributed by atoms with Gasteiger partial charge in [0.25, 0.3) is 0 Å². The van der Waals surface area contributed by atoms with Gasteiger partial charge in [0.2, 0.25) is 17.5 Å². The quantitative estimate of drug-likeness (QED) is 0.333. The van der Waals surface area contributed by atoms with Gasteiger partial charge in [-0.05, 0) is 25.2 Å². The molecule has 0 aromatic heterocycles. The molecular weight excluding hydrogens is 426 g/mol. The molecule has 168 valence electrons. The van der Waals surface area contributed by atoms with Crippen molar-refractivity contribution in [2.24, 2.45) is 5.92 Å². The first-order valence-corrected chi connectivity index (χ1v) is 10.1. The van der Waals surface area contributed by atoms with E-state index < -0.39 is 52.6 Å². The first-order valence-electron chi connectivity index (χ1n) is 9.69. The predicted molar refractivity (Wildman–Crippen MR) is 106 cm³/mol. The SMILES string of the molecule is CCC1(C(=O)NCc2c(F)c(F)c(OCCCC(C)C)c(F)c2F)NN(C)C=C1Cl. The van der Waals surface area contributed by atoms with E-state index in [1.54, 1.807) is 14.0 Å². The molecule has 0 aliphatic carbocycles. The number of halogens is 5. The molecule has 1 unspecified atom stereocenters. The summed E-state index contributed by atoms with van der Waals surface area (Å²) in [5.74, 6) is -7.93. The molecule has 0 saturated carbocycles. The summed E-state index contributed by atoms with van der Waals surface area (Å²) < 4.78 is 62.4. The highest BCUT2D eigenvalue weighted by molar-refractivity contribution is 6.33. The normalized spacial score (nSPS) is 18.7. The van der Waals surface area contributed by atoms with Gasteiger partial charge in [0.1, 0.15) is 0 Å². The molecule has 30 heavy (non-hydrogen) atoms. The molecule has 1 aliphatic heterocycles. The second kappa shape index (κ2) is 9.87. The van der Waals surface area contributed by atoms with E-state index in [1.165, 1.54) is 11.2 Å². The van der Waals surface area contributed by atoms with Crippen LogP contribution in [0.5, 0.6) is 5.75 Å². The van der Waals surface area contributed by atoms with E-state index in [9.17, 15) is 22.4 Å². The van der Waals surface area contributed by atoms with Crippen molar-refractivity contribution in [3.05, 3.63) is 40.1 Å². The minimum absolute atomic E-state index is 0.0793. The Bertz CT molecular complexity index is 806. The molecule has 1 atom stereocenters. The van der Waals surface area contributed by atoms with Crippen LogP contribution in [0.4, 0.5) is 17.6 Å². The van der Waals surface area contributed by atoms with Gasteiger partial charge in [-0.3, -0.25) is 4.79 Å². The highest BCUT2D eigenvalue weighted by Gasteiger charge is 2.44. The smallest absolute Gasteiger partial charge is 0.247 e. The Labute approximate surface area is 178 Å². The maximum atomic E-state index is 14.4. The van der Waals surface area contributed by atoms with Crippen molar-refractivity contribution >= 4 is 17.5 Å². The summed E-state index contributed by atoms with van der Waals surface area (Å²) in [4.78, 5) is 12.6. The molecule has 0 radical (unpaired) electrons. The number of nitrogens with zero attached hydrogens (tertiary/aromatic N) is 1. The summed E-state index contributed by atoms with van der Waals surface area (Å²) in [5, 5.41) is 3.94. The first kappa shape index (κ1) is 24.3. The molecule has 2 N–H and O–H groups in total. The van der Waals surface area contributed by atoms with Gasteiger partial charge in [-0.15, -0.1) is 0 Å². The Balaban J connectivity index is 2.17. The second-order valence-corrected chi connectivity index (χ2v) is 8.00. The van der Waals surface area contributed by atoms with Crippen LogP contribution in [-0.2, 0) is 11.3 Å². The summed E-state index contributed by atoms with van der Waals surface area (Å²) >= 11 is 6.13. The van der Waals surface area contributed by atoms with E-state index in [0.29, 0.717) is 12.3 Å². The number of carbonyl (C=O) groups is 1. The van der Waals surface area contributed by atoms with E-state index >= 15 is 0 Å². The average molecular weight is 452 g/mol. The van der Waals surface area contributed by atoms with Gasteiger partial charge in [0.05, 0.1) is 11.6 Å². The zero-order valence-electron chi connectivity index (χ0n) is 17.3. The van der Waals surface area contributed by atoms with Crippen LogP contribution in [0.15, 0.2) is 11.2 Å². The molecule has 5 nitrogen and oxygen atoms in total. The molecule has 1 amide bonds. The molecule has 1 aliphatic rings. The number of carbonyl (C=O) groups excluding carboxylic acids is 1. The molecule has 0 bridgehead atoms. The largest absolute Gasteiger partial charge is 0.487 e. The predicted octanol–water partition coefficient (Wildman–Crippen LogP) is 4.35. The molecule has 0 fully saturated rings. The Morgan fingerprint density at radius 1 is 1.23 bits per heavy atom. The minimum atomic E-state index is -1.63. The summed E-state index contributed by atoms with van der Waals surface area (Å²) in [6.45, 7) is 4.77. The molecular formula is C20H26ClF4N3O2. The van der Waals surface area contributed by atoms with Gasteiger partial charge >= 0.3 is 0 Å². The Morgan fingerprint density at radius 2 is 1.83 bits per heavy atom. The number of hydrazine groups is 1. The number of hydrogen-bond donors (Lipinski definition) is 2. The van der Waals surface area contributed by atoms with Crippen molar-refractivity contribution < 1.29 is 27.1 Å². The lowest BCUT2D eigenvalue weighted by Crippen LogP contribution is -2.56. The zero-order valence-corrected chi connectivity index (χ0v) is 18.1. The number of nitrogens with one attached hydrogen (secondary N) is 2. The van der Waals surface area contributed by atoms with Gasteiger partial charge in [0.15, 0.2) is 22.9 Å². The van der Waals surface area contributed by atoms with E-state index in [2.05, 4.69) is 10.7 Å². The highest BCUT2D eigenvalue weighted by Crippen LogP contribution is 2.32. The Morgan fingerprint density at radius 3 is 2.30 bits per heavy atom. The number of rotatable bonds is 9. The second-order valence-electron chi connectivity index (χ2n) is 7.59. The third-order valence-corrected chi connectivity index (χ3v) is 5.33. The number of amides is 1. The van der Waals surface area contributed by atoms with Crippen LogP contribution in [0.3, 0.4) is 0 Å². The third kappa shape index (κ3) is 4.83. The maximum absolute atomic E-state index is 14.4. The third-order valence-electron chi connectivity index (χ3n) is 4.91. The molecule has 10 heteroatoms. The Hall–Kier alpha value is -2.00. The van der Waals surface area contributed by atoms with E-state index in [1.807, 2.05) is 13.8 Å². The van der Waals surface area contributed by atoms with Crippen LogP contribution >= 0.6 is 11.6 Å². The van der Waals surface area contributed by atoms with Crippen molar-refractivity contribution in [3.8, 4) is 5.75 Å². The summed E-state index contributed by atoms with van der Waals surface area (Å²) in [7, 11) is 1.62. The highest BCUT2D eigenvalue weighted by atomic mass is 35.5. The van der Waals surface area contributed by atoms with Gasteiger partial charge in [-0.2, -0.15) is 8.78 Å². The summed E-state index contributed by atoms with van der Waals surface area (Å²) in [6.07, 6.45) is 2.93. The van der Waals surface area contributed by atoms with E-state index in [0.717, 1.165) is 6.42 Å². The van der Waals surface area contributed by atoms with Crippen LogP contribution in [0.1, 0.15) is 45.6 Å². The maximum Gasteiger partial charge on any atom is 0.247 e. The Kier molecular flexibility index (Phi) is 7.99. The number of benzene rings is 1. The van der Waals surface area contributed by atoms with Crippen LogP contribution in [0.2, 0.25) is 0 Å². The van der Waals surface area contributed by atoms with Gasteiger partial charge in [0, 0.05) is 25.4 Å². The fourth-order valence-electron chi connectivity index (χ4n) is 3.16. The van der Waals surface area contributed by atoms with Crippen molar-refractivity contribution in [2.75, 3.05) is 13.7 Å². The van der Waals surface area contributed by atoms with Gasteiger partial charge in [-0.1, -0.05) is 32.4 Å². The van der Waals surface area contributed by atoms with Crippen LogP contribution in [0, 0.1) is 29.2 Å². The van der Waals surface area contributed by atoms with Gasteiger partial charge < -0.3 is 15.1 Å². The zero-order chi connectivity index (χ0) is 22.6. The van der Waals surface area contributed by atoms with Gasteiger partial charge in [-0.25, -0.2) is 14.2 Å². The molecule has 0 saturated heterocycles. The van der Waals surface area contributed by atoms with E-state index in [4.69, 9.17) is 16.3 Å². The fraction of sp³-hybridized carbons (Fsp3) is 0.550. The molecule has 1 aromatic carbocycles. The van der Waals surface area contributed by atoms with E-state index in [-0.39, 0.29) is 18.1 Å². The molecule has 0 spiro atoms. The number of ether oxygens (including phenoxy) is 1. The summed E-state index contributed by atoms with van der Waals surface area (Å²) in [5.41, 5.74) is 0.569. The standard InChI is InChI=1S/C20H26ClF4N3O2/c1-5-20(13(21)10-28(4)27-20)19(29)26-9-12-14(22)16(24)18(17(25)15(12)23)30-8-6-7-11(2)3/h10-11,27H,5-9H2,1-4H3,(H,26,29). The van der Waals surface area contributed by atoms with Crippen LogP contribution in [-0.4, -0.2) is 30.1 Å². The molecule has 2 rings (SSSR count). The average Bonchev–Trinajstić information content (AvgIpc) is 2.99. The lowest BCUT2D eigenvalue weighted by Gasteiger charge is -2.29. The van der Waals surface area contributed by atoms with Crippen LogP contribution < -0.4 is 15.5 Å². The number of hydrogen-bond acceptors (Lipinski definition) is 4. The lowest BCUT2D eigenvalue weighted by molar-refractivity contribution is -0.127. The van der Waals surface area contributed by atoms with Crippen molar-refractivity contribution in [1.82, 2.24) is 15.8 Å². The van der Waals surface area contributed by atoms with Crippen molar-refractivity contribution in [1.29, 1.82) is 0 Å². The van der Waals surface area contributed by atoms with Crippen molar-refractivity contribution in [2.45, 2.75) is 52.1 Å². The monoisotopic (exact) mass is 451 g/mol. The topological polar surface area (TPSA) is 53.6 Å². The fourth-order valence-corrected chi connectivity index (χ4v) is 3.57. The minimum Gasteiger partial charge on any atom is -0.487 e. The first-order chi connectivity index (χ1) is 14.0. The van der Waals surface area contributed by atoms with Crippen LogP contribution in [0.25, 0.3) is 0 Å². The molecule has 1 heterocycles. The lowest BCUT2D eigenvalue weighted by atomic mass is 9.96. The van der Waals surface area contributed by atoms with Crippen molar-refractivity contribution in [3.63, 3.8) is 0 Å². The summed E-state index contributed by atoms with van der Waals surface area (Å²) in [6, 6.07) is 0.